The van der Waals surface area contributed by atoms with Crippen LogP contribution in [0.15, 0.2) is 146 Å². The van der Waals surface area contributed by atoms with Crippen LogP contribution in [0.25, 0.3) is 0 Å². The van der Waals surface area contributed by atoms with Gasteiger partial charge in [-0.15, -0.1) is 0 Å². The molecule has 5 aromatic carbocycles. The number of rotatable bonds is 9. The minimum atomic E-state index is -2.31. The lowest BCUT2D eigenvalue weighted by atomic mass is 10.2. The molecule has 5 aromatic rings. The predicted octanol–water partition coefficient (Wildman–Crippen LogP) is 6.28. The van der Waals surface area contributed by atoms with Crippen LogP contribution in [0.4, 0.5) is 5.69 Å². The Labute approximate surface area is 229 Å². The summed E-state index contributed by atoms with van der Waals surface area (Å²) in [6, 6.07) is 50.1. The summed E-state index contributed by atoms with van der Waals surface area (Å²) in [5.74, 6) is 0. The molecule has 2 N–H and O–H groups in total. The van der Waals surface area contributed by atoms with Gasteiger partial charge in [0.25, 0.3) is 0 Å². The molecule has 6 heteroatoms. The van der Waals surface area contributed by atoms with Crippen molar-refractivity contribution in [3.8, 4) is 0 Å². The van der Waals surface area contributed by atoms with Crippen LogP contribution in [0.2, 0.25) is 0 Å². The molecule has 0 heterocycles. The molecule has 0 aliphatic rings. The highest BCUT2D eigenvalue weighted by Crippen LogP contribution is 2.45. The van der Waals surface area contributed by atoms with Crippen LogP contribution in [0.5, 0.6) is 0 Å². The lowest BCUT2D eigenvalue weighted by Crippen LogP contribution is -2.27. The minimum absolute atomic E-state index is 0.628. The normalized spacial score (nSPS) is 11.7. The van der Waals surface area contributed by atoms with Crippen LogP contribution < -0.4 is 31.4 Å². The highest BCUT2D eigenvalue weighted by molar-refractivity contribution is 8.22. The summed E-state index contributed by atoms with van der Waals surface area (Å²) in [4.78, 5) is 0. The number of hydrogen-bond acceptors (Lipinski definition) is 2. The predicted molar refractivity (Wildman–Crippen MR) is 170 cm³/mol. The molecule has 0 aromatic heterocycles. The molecule has 5 rings (SSSR count). The molecule has 0 atom stereocenters. The van der Waals surface area contributed by atoms with Gasteiger partial charge in [-0.25, -0.2) is 0 Å². The van der Waals surface area contributed by atoms with E-state index in [1.54, 1.807) is 0 Å². The summed E-state index contributed by atoms with van der Waals surface area (Å²) in [7, 11) is 0. The van der Waals surface area contributed by atoms with Gasteiger partial charge < -0.3 is 5.09 Å². The van der Waals surface area contributed by atoms with Crippen molar-refractivity contribution in [2.45, 2.75) is 6.54 Å². The average molecular weight is 555 g/mol. The first-order chi connectivity index (χ1) is 18.1. The SMILES string of the molecule is S=P(NCc1ccccc1NP(=S)(c1ccccc1)c1ccccc1)(c1ccccc1)c1ccccc1. The van der Waals surface area contributed by atoms with E-state index in [1.165, 1.54) is 0 Å². The van der Waals surface area contributed by atoms with Gasteiger partial charge in [-0.05, 0) is 11.6 Å². The van der Waals surface area contributed by atoms with Crippen molar-refractivity contribution < 1.29 is 0 Å². The molecule has 0 fully saturated rings. The van der Waals surface area contributed by atoms with Crippen molar-refractivity contribution in [1.82, 2.24) is 5.09 Å². The van der Waals surface area contributed by atoms with Crippen molar-refractivity contribution in [1.29, 1.82) is 0 Å². The second-order valence-corrected chi connectivity index (χ2v) is 17.0. The Bertz CT molecular complexity index is 1460. The number of anilines is 1. The van der Waals surface area contributed by atoms with Gasteiger partial charge in [0.15, 0.2) is 0 Å². The molecule has 184 valence electrons. The summed E-state index contributed by atoms with van der Waals surface area (Å²) < 4.78 is 0. The number of para-hydroxylation sites is 1. The van der Waals surface area contributed by atoms with Gasteiger partial charge in [0, 0.05) is 33.5 Å². The first-order valence-corrected chi connectivity index (χ1v) is 17.7. The molecule has 0 saturated heterocycles. The molecule has 37 heavy (non-hydrogen) atoms. The topological polar surface area (TPSA) is 24.1 Å². The molecule has 0 amide bonds. The quantitative estimate of drug-likeness (QED) is 0.210. The first kappa shape index (κ1) is 25.8. The molecule has 0 radical (unpaired) electrons. The van der Waals surface area contributed by atoms with Crippen molar-refractivity contribution in [2.24, 2.45) is 0 Å². The molecular formula is C31H28N2P2S2. The van der Waals surface area contributed by atoms with E-state index in [9.17, 15) is 0 Å². The van der Waals surface area contributed by atoms with Gasteiger partial charge in [-0.3, -0.25) is 5.09 Å². The zero-order valence-electron chi connectivity index (χ0n) is 20.3. The van der Waals surface area contributed by atoms with Gasteiger partial charge in [-0.2, -0.15) is 0 Å². The van der Waals surface area contributed by atoms with Crippen molar-refractivity contribution >= 4 is 62.9 Å². The smallest absolute Gasteiger partial charge is 0.0903 e. The summed E-state index contributed by atoms with van der Waals surface area (Å²) >= 11 is 12.9. The zero-order chi connectivity index (χ0) is 25.6. The fourth-order valence-electron chi connectivity index (χ4n) is 4.31. The third-order valence-corrected chi connectivity index (χ3v) is 14.7. The third kappa shape index (κ3) is 5.70. The Morgan fingerprint density at radius 3 is 1.22 bits per heavy atom. The third-order valence-electron chi connectivity index (χ3n) is 6.27. The average Bonchev–Trinajstić information content (AvgIpc) is 2.98. The largest absolute Gasteiger partial charge is 0.350 e. The van der Waals surface area contributed by atoms with E-state index in [2.05, 4.69) is 132 Å². The highest BCUT2D eigenvalue weighted by atomic mass is 32.4. The molecule has 0 spiro atoms. The Morgan fingerprint density at radius 2 is 0.784 bits per heavy atom. The molecule has 0 saturated carbocycles. The maximum Gasteiger partial charge on any atom is 0.0903 e. The Kier molecular flexibility index (Phi) is 8.15. The van der Waals surface area contributed by atoms with E-state index >= 15 is 0 Å². The minimum Gasteiger partial charge on any atom is -0.350 e. The van der Waals surface area contributed by atoms with E-state index < -0.39 is 12.4 Å². The van der Waals surface area contributed by atoms with Crippen LogP contribution in [0.3, 0.4) is 0 Å². The van der Waals surface area contributed by atoms with Crippen LogP contribution in [-0.2, 0) is 30.2 Å². The van der Waals surface area contributed by atoms with E-state index in [1.807, 2.05) is 24.3 Å². The lowest BCUT2D eigenvalue weighted by molar-refractivity contribution is 0.970. The van der Waals surface area contributed by atoms with Crippen molar-refractivity contribution in [3.05, 3.63) is 151 Å². The summed E-state index contributed by atoms with van der Waals surface area (Å²) in [6.07, 6.45) is -4.55. The second kappa shape index (κ2) is 11.7. The summed E-state index contributed by atoms with van der Waals surface area (Å²) in [5.41, 5.74) is 2.18. The maximum atomic E-state index is 6.45. The van der Waals surface area contributed by atoms with Crippen molar-refractivity contribution in [3.63, 3.8) is 0 Å². The van der Waals surface area contributed by atoms with Crippen LogP contribution in [0.1, 0.15) is 5.56 Å². The second-order valence-electron chi connectivity index (χ2n) is 8.66. The van der Waals surface area contributed by atoms with E-state index in [-0.39, 0.29) is 0 Å². The van der Waals surface area contributed by atoms with Crippen LogP contribution >= 0.6 is 12.4 Å². The maximum absolute atomic E-state index is 6.45. The van der Waals surface area contributed by atoms with E-state index in [0.29, 0.717) is 6.54 Å². The zero-order valence-corrected chi connectivity index (χ0v) is 23.7. The molecule has 0 bridgehead atoms. The monoisotopic (exact) mass is 554 g/mol. The fraction of sp³-hybridized carbons (Fsp3) is 0.0323. The number of nitrogens with one attached hydrogen (secondary N) is 2. The van der Waals surface area contributed by atoms with Gasteiger partial charge >= 0.3 is 0 Å². The number of hydrogen-bond donors (Lipinski definition) is 2. The molecule has 0 unspecified atom stereocenters. The standard InChI is InChI=1S/C31H28N2P2S2/c36-34(27-16-5-1-6-17-27,28-18-7-2-8-19-28)32-25-26-15-13-14-24-31(26)33-35(37,29-20-9-3-10-21-29)30-22-11-4-12-23-30/h1-24H,25H2,(H,32,36)(H,33,37). The Balaban J connectivity index is 1.51. The summed E-state index contributed by atoms with van der Waals surface area (Å²) in [5, 5.41) is 12.2. The van der Waals surface area contributed by atoms with Crippen LogP contribution in [0, 0.1) is 0 Å². The number of benzene rings is 5. The van der Waals surface area contributed by atoms with Crippen molar-refractivity contribution in [2.75, 3.05) is 5.09 Å². The Hall–Kier alpha value is -2.84. The fourth-order valence-corrected chi connectivity index (χ4v) is 10.8. The van der Waals surface area contributed by atoms with E-state index in [0.717, 1.165) is 32.5 Å². The first-order valence-electron chi connectivity index (χ1n) is 12.1. The van der Waals surface area contributed by atoms with Crippen LogP contribution in [-0.4, -0.2) is 0 Å². The lowest BCUT2D eigenvalue weighted by Gasteiger charge is -2.28. The van der Waals surface area contributed by atoms with Gasteiger partial charge in [0.05, 0.1) is 12.4 Å². The molecule has 0 aliphatic heterocycles. The molecule has 2 nitrogen and oxygen atoms in total. The Morgan fingerprint density at radius 1 is 0.432 bits per heavy atom. The highest BCUT2D eigenvalue weighted by Gasteiger charge is 2.25. The van der Waals surface area contributed by atoms with Gasteiger partial charge in [0.2, 0.25) is 0 Å². The van der Waals surface area contributed by atoms with Gasteiger partial charge in [-0.1, -0.05) is 163 Å². The molecule has 0 aliphatic carbocycles. The van der Waals surface area contributed by atoms with Gasteiger partial charge in [0.1, 0.15) is 0 Å². The summed E-state index contributed by atoms with van der Waals surface area (Å²) in [6.45, 7) is 0.628. The van der Waals surface area contributed by atoms with E-state index in [4.69, 9.17) is 23.6 Å². The molecular weight excluding hydrogens is 526 g/mol.